The van der Waals surface area contributed by atoms with Gasteiger partial charge in [-0.1, -0.05) is 31.9 Å². The normalized spacial score (nSPS) is 17.7. The van der Waals surface area contributed by atoms with Gasteiger partial charge in [-0.05, 0) is 36.8 Å². The van der Waals surface area contributed by atoms with Gasteiger partial charge in [0.15, 0.2) is 0 Å². The summed E-state index contributed by atoms with van der Waals surface area (Å²) >= 11 is 0. The Hall–Kier alpha value is -1.38. The summed E-state index contributed by atoms with van der Waals surface area (Å²) in [5.41, 5.74) is 0.849. The summed E-state index contributed by atoms with van der Waals surface area (Å²) in [4.78, 5) is 12.0. The topological polar surface area (TPSA) is 29.1 Å². The van der Waals surface area contributed by atoms with Gasteiger partial charge in [0.05, 0.1) is 5.56 Å². The van der Waals surface area contributed by atoms with Crippen molar-refractivity contribution in [2.24, 2.45) is 5.41 Å². The number of aryl methyl sites for hydroxylation is 1. The minimum Gasteiger partial charge on any atom is -0.351 e. The number of nitrogens with one attached hydrogen (secondary N) is 1. The highest BCUT2D eigenvalue weighted by atomic mass is 19.1. The highest BCUT2D eigenvalue weighted by Gasteiger charge is 2.29. The zero-order valence-corrected chi connectivity index (χ0v) is 11.1. The molecule has 0 unspecified atom stereocenters. The van der Waals surface area contributed by atoms with Gasteiger partial charge in [0.25, 0.3) is 5.91 Å². The summed E-state index contributed by atoms with van der Waals surface area (Å²) in [6.45, 7) is 4.50. The molecule has 3 heteroatoms. The molecule has 18 heavy (non-hydrogen) atoms. The molecule has 0 heterocycles. The van der Waals surface area contributed by atoms with E-state index in [1.165, 1.54) is 18.9 Å². The molecule has 1 aromatic rings. The van der Waals surface area contributed by atoms with Gasteiger partial charge in [0.2, 0.25) is 0 Å². The number of hydrogen-bond donors (Lipinski definition) is 1. The molecule has 2 rings (SSSR count). The summed E-state index contributed by atoms with van der Waals surface area (Å²) in [6, 6.07) is 4.92. The molecular weight excluding hydrogens is 229 g/mol. The highest BCUT2D eigenvalue weighted by Crippen LogP contribution is 2.36. The first-order chi connectivity index (χ1) is 8.52. The number of benzene rings is 1. The van der Waals surface area contributed by atoms with E-state index in [-0.39, 0.29) is 16.9 Å². The van der Waals surface area contributed by atoms with Gasteiger partial charge in [-0.25, -0.2) is 4.39 Å². The molecule has 0 atom stereocenters. The molecule has 1 aliphatic rings. The first kappa shape index (κ1) is 13.1. The van der Waals surface area contributed by atoms with E-state index in [2.05, 4.69) is 12.2 Å². The van der Waals surface area contributed by atoms with Crippen LogP contribution in [0, 0.1) is 18.2 Å². The number of halogens is 1. The van der Waals surface area contributed by atoms with Crippen molar-refractivity contribution in [1.82, 2.24) is 5.32 Å². The molecule has 1 saturated carbocycles. The van der Waals surface area contributed by atoms with Crippen molar-refractivity contribution in [3.63, 3.8) is 0 Å². The average Bonchev–Trinajstić information content (AvgIpc) is 2.77. The zero-order chi connectivity index (χ0) is 13.2. The van der Waals surface area contributed by atoms with E-state index in [0.29, 0.717) is 12.1 Å². The van der Waals surface area contributed by atoms with E-state index in [1.807, 2.05) is 0 Å². The first-order valence-corrected chi connectivity index (χ1v) is 6.55. The third-order valence-electron chi connectivity index (χ3n) is 3.92. The van der Waals surface area contributed by atoms with Gasteiger partial charge in [0, 0.05) is 6.54 Å². The van der Waals surface area contributed by atoms with Gasteiger partial charge in [0.1, 0.15) is 5.82 Å². The van der Waals surface area contributed by atoms with Crippen molar-refractivity contribution in [3.8, 4) is 0 Å². The second-order valence-corrected chi connectivity index (χ2v) is 5.64. The maximum atomic E-state index is 13.8. The Morgan fingerprint density at radius 2 is 2.06 bits per heavy atom. The molecule has 1 aromatic carbocycles. The van der Waals surface area contributed by atoms with Crippen LogP contribution in [-0.4, -0.2) is 12.5 Å². The molecule has 1 fully saturated rings. The van der Waals surface area contributed by atoms with Crippen LogP contribution in [0.3, 0.4) is 0 Å². The largest absolute Gasteiger partial charge is 0.351 e. The Morgan fingerprint density at radius 3 is 2.72 bits per heavy atom. The molecule has 1 N–H and O–H groups in total. The van der Waals surface area contributed by atoms with Gasteiger partial charge >= 0.3 is 0 Å². The van der Waals surface area contributed by atoms with Gasteiger partial charge in [-0.15, -0.1) is 0 Å². The molecule has 0 saturated heterocycles. The van der Waals surface area contributed by atoms with Gasteiger partial charge in [-0.2, -0.15) is 0 Å². The predicted molar refractivity (Wildman–Crippen MR) is 70.0 cm³/mol. The zero-order valence-electron chi connectivity index (χ0n) is 11.1. The standard InChI is InChI=1S/C15H20FNO/c1-11-6-5-7-12(13(11)16)14(18)17-10-15(2)8-3-4-9-15/h5-7H,3-4,8-10H2,1-2H3,(H,17,18). The molecule has 0 spiro atoms. The third kappa shape index (κ3) is 2.71. The average molecular weight is 249 g/mol. The SMILES string of the molecule is Cc1cccc(C(=O)NCC2(C)CCCC2)c1F. The molecule has 0 aliphatic heterocycles. The lowest BCUT2D eigenvalue weighted by atomic mass is 9.89. The Morgan fingerprint density at radius 1 is 1.39 bits per heavy atom. The number of amides is 1. The van der Waals surface area contributed by atoms with Crippen LogP contribution in [0.4, 0.5) is 4.39 Å². The van der Waals surface area contributed by atoms with Crippen molar-refractivity contribution >= 4 is 5.91 Å². The maximum Gasteiger partial charge on any atom is 0.254 e. The van der Waals surface area contributed by atoms with E-state index in [0.717, 1.165) is 12.8 Å². The fourth-order valence-electron chi connectivity index (χ4n) is 2.62. The van der Waals surface area contributed by atoms with Gasteiger partial charge in [-0.3, -0.25) is 4.79 Å². The fourth-order valence-corrected chi connectivity index (χ4v) is 2.62. The summed E-state index contributed by atoms with van der Waals surface area (Å²) in [6.07, 6.45) is 4.74. The highest BCUT2D eigenvalue weighted by molar-refractivity contribution is 5.94. The quantitative estimate of drug-likeness (QED) is 0.873. The minimum atomic E-state index is -0.411. The Balaban J connectivity index is 2.01. The lowest BCUT2D eigenvalue weighted by molar-refractivity contribution is 0.0930. The van der Waals surface area contributed by atoms with Crippen LogP contribution < -0.4 is 5.32 Å². The second-order valence-electron chi connectivity index (χ2n) is 5.64. The van der Waals surface area contributed by atoms with Crippen molar-refractivity contribution in [2.45, 2.75) is 39.5 Å². The smallest absolute Gasteiger partial charge is 0.254 e. The maximum absolute atomic E-state index is 13.8. The summed E-state index contributed by atoms with van der Waals surface area (Å²) in [5.74, 6) is -0.712. The van der Waals surface area contributed by atoms with E-state index >= 15 is 0 Å². The van der Waals surface area contributed by atoms with Crippen LogP contribution in [0.2, 0.25) is 0 Å². The van der Waals surface area contributed by atoms with Crippen molar-refractivity contribution in [1.29, 1.82) is 0 Å². The Kier molecular flexibility index (Phi) is 3.69. The lowest BCUT2D eigenvalue weighted by Crippen LogP contribution is -2.34. The molecule has 0 aromatic heterocycles. The van der Waals surface area contributed by atoms with E-state index in [4.69, 9.17) is 0 Å². The number of carbonyl (C=O) groups excluding carboxylic acids is 1. The summed E-state index contributed by atoms with van der Waals surface area (Å²) in [7, 11) is 0. The summed E-state index contributed by atoms with van der Waals surface area (Å²) in [5, 5.41) is 2.87. The van der Waals surface area contributed by atoms with Crippen molar-refractivity contribution in [3.05, 3.63) is 35.1 Å². The van der Waals surface area contributed by atoms with Crippen LogP contribution in [-0.2, 0) is 0 Å². The fraction of sp³-hybridized carbons (Fsp3) is 0.533. The lowest BCUT2D eigenvalue weighted by Gasteiger charge is -2.23. The van der Waals surface area contributed by atoms with Crippen LogP contribution in [0.5, 0.6) is 0 Å². The van der Waals surface area contributed by atoms with Crippen molar-refractivity contribution in [2.75, 3.05) is 6.54 Å². The number of carbonyl (C=O) groups is 1. The minimum absolute atomic E-state index is 0.150. The molecule has 98 valence electrons. The summed E-state index contributed by atoms with van der Waals surface area (Å²) < 4.78 is 13.8. The van der Waals surface area contributed by atoms with E-state index in [9.17, 15) is 9.18 Å². The number of hydrogen-bond acceptors (Lipinski definition) is 1. The van der Waals surface area contributed by atoms with Gasteiger partial charge < -0.3 is 5.32 Å². The third-order valence-corrected chi connectivity index (χ3v) is 3.92. The predicted octanol–water partition coefficient (Wildman–Crippen LogP) is 3.44. The molecule has 0 bridgehead atoms. The monoisotopic (exact) mass is 249 g/mol. The van der Waals surface area contributed by atoms with E-state index < -0.39 is 5.82 Å². The molecule has 1 aliphatic carbocycles. The molecule has 0 radical (unpaired) electrons. The van der Waals surface area contributed by atoms with Crippen LogP contribution >= 0.6 is 0 Å². The molecule has 2 nitrogen and oxygen atoms in total. The first-order valence-electron chi connectivity index (χ1n) is 6.55. The molecule has 1 amide bonds. The van der Waals surface area contributed by atoms with Crippen LogP contribution in [0.1, 0.15) is 48.5 Å². The Bertz CT molecular complexity index is 450. The van der Waals surface area contributed by atoms with E-state index in [1.54, 1.807) is 19.1 Å². The number of rotatable bonds is 3. The van der Waals surface area contributed by atoms with Crippen LogP contribution in [0.25, 0.3) is 0 Å². The molecular formula is C15H20FNO. The van der Waals surface area contributed by atoms with Crippen molar-refractivity contribution < 1.29 is 9.18 Å². The van der Waals surface area contributed by atoms with Crippen LogP contribution in [0.15, 0.2) is 18.2 Å². The Labute approximate surface area is 108 Å². The second kappa shape index (κ2) is 5.09.